The first-order valence-electron chi connectivity index (χ1n) is 4.80. The monoisotopic (exact) mass is 238 g/mol. The molecule has 17 heavy (non-hydrogen) atoms. The van der Waals surface area contributed by atoms with Crippen LogP contribution in [-0.4, -0.2) is 4.57 Å². The Balaban J connectivity index is 2.60. The zero-order chi connectivity index (χ0) is 12.6. The summed E-state index contributed by atoms with van der Waals surface area (Å²) in [5, 5.41) is 8.32. The molecule has 0 bridgehead atoms. The van der Waals surface area contributed by atoms with Gasteiger partial charge in [0.15, 0.2) is 5.58 Å². The number of hydrogen-bond donors (Lipinski definition) is 0. The summed E-state index contributed by atoms with van der Waals surface area (Å²) in [5.41, 5.74) is 0.194. The molecule has 0 aliphatic rings. The molecule has 0 radical (unpaired) electrons. The predicted molar refractivity (Wildman–Crippen MR) is 55.6 cm³/mol. The first-order chi connectivity index (χ1) is 7.95. The minimum absolute atomic E-state index is 0.0904. The molecule has 0 amide bonds. The van der Waals surface area contributed by atoms with Crippen LogP contribution in [0.4, 0.5) is 8.78 Å². The normalized spacial score (nSPS) is 11.6. The second-order valence-electron chi connectivity index (χ2n) is 3.65. The number of nitriles is 1. The Morgan fingerprint density at radius 1 is 1.53 bits per heavy atom. The average Bonchev–Trinajstić information content (AvgIpc) is 2.54. The number of hydrogen-bond acceptors (Lipinski definition) is 3. The topological polar surface area (TPSA) is 58.9 Å². The molecule has 1 heterocycles. The van der Waals surface area contributed by atoms with Crippen molar-refractivity contribution in [3.8, 4) is 6.07 Å². The van der Waals surface area contributed by atoms with Crippen molar-refractivity contribution in [3.63, 3.8) is 0 Å². The van der Waals surface area contributed by atoms with E-state index in [-0.39, 0.29) is 11.1 Å². The summed E-state index contributed by atoms with van der Waals surface area (Å²) in [6.07, 6.45) is -0.907. The van der Waals surface area contributed by atoms with Crippen LogP contribution in [0.1, 0.15) is 12.0 Å². The molecule has 0 aliphatic carbocycles. The van der Waals surface area contributed by atoms with Crippen LogP contribution in [0.3, 0.4) is 0 Å². The molecule has 0 saturated carbocycles. The highest BCUT2D eigenvalue weighted by Crippen LogP contribution is 2.32. The van der Waals surface area contributed by atoms with E-state index in [0.29, 0.717) is 5.52 Å². The molecule has 1 aromatic carbocycles. The second kappa shape index (κ2) is 3.70. The number of rotatable bonds is 2. The van der Waals surface area contributed by atoms with Crippen molar-refractivity contribution >= 4 is 11.1 Å². The van der Waals surface area contributed by atoms with Gasteiger partial charge in [-0.15, -0.1) is 0 Å². The molecule has 0 aliphatic heterocycles. The molecule has 6 heteroatoms. The van der Waals surface area contributed by atoms with Crippen LogP contribution in [0.25, 0.3) is 11.1 Å². The molecule has 4 nitrogen and oxygen atoms in total. The van der Waals surface area contributed by atoms with Gasteiger partial charge in [-0.3, -0.25) is 4.57 Å². The minimum atomic E-state index is -3.24. The summed E-state index contributed by atoms with van der Waals surface area (Å²) in [6, 6.07) is 5.08. The minimum Gasteiger partial charge on any atom is -0.408 e. The molecule has 0 unspecified atom stereocenters. The van der Waals surface area contributed by atoms with Gasteiger partial charge in [-0.1, -0.05) is 6.07 Å². The summed E-state index contributed by atoms with van der Waals surface area (Å²) in [7, 11) is 1.49. The van der Waals surface area contributed by atoms with Crippen molar-refractivity contribution in [2.45, 2.75) is 12.3 Å². The molecule has 2 rings (SSSR count). The molecular formula is C11H8F2N2O2. The SMILES string of the molecule is Cn1c(=O)oc2cc(C(F)(F)CC#N)ccc21. The predicted octanol–water partition coefficient (Wildman–Crippen LogP) is 2.14. The Morgan fingerprint density at radius 3 is 2.88 bits per heavy atom. The van der Waals surface area contributed by atoms with Crippen molar-refractivity contribution in [1.82, 2.24) is 4.57 Å². The van der Waals surface area contributed by atoms with E-state index in [1.54, 1.807) is 0 Å². The summed E-state index contributed by atoms with van der Waals surface area (Å²) < 4.78 is 32.9. The van der Waals surface area contributed by atoms with Gasteiger partial charge in [-0.25, -0.2) is 13.6 Å². The number of halogens is 2. The van der Waals surface area contributed by atoms with Crippen LogP contribution < -0.4 is 5.76 Å². The van der Waals surface area contributed by atoms with Gasteiger partial charge >= 0.3 is 5.76 Å². The van der Waals surface area contributed by atoms with Crippen molar-refractivity contribution in [2.24, 2.45) is 7.05 Å². The molecule has 0 saturated heterocycles. The van der Waals surface area contributed by atoms with Gasteiger partial charge in [0.05, 0.1) is 11.6 Å². The van der Waals surface area contributed by atoms with Crippen molar-refractivity contribution in [3.05, 3.63) is 34.3 Å². The van der Waals surface area contributed by atoms with Gasteiger partial charge in [-0.05, 0) is 12.1 Å². The fourth-order valence-corrected chi connectivity index (χ4v) is 1.56. The van der Waals surface area contributed by atoms with E-state index in [0.717, 1.165) is 6.07 Å². The lowest BCUT2D eigenvalue weighted by atomic mass is 10.1. The Morgan fingerprint density at radius 2 is 2.24 bits per heavy atom. The summed E-state index contributed by atoms with van der Waals surface area (Å²) in [4.78, 5) is 11.2. The van der Waals surface area contributed by atoms with Crippen molar-refractivity contribution in [1.29, 1.82) is 5.26 Å². The summed E-state index contributed by atoms with van der Waals surface area (Å²) >= 11 is 0. The van der Waals surface area contributed by atoms with Gasteiger partial charge in [0.1, 0.15) is 6.42 Å². The van der Waals surface area contributed by atoms with Crippen LogP contribution in [0, 0.1) is 11.3 Å². The summed E-state index contributed by atoms with van der Waals surface area (Å²) in [5.74, 6) is -3.85. The quantitative estimate of drug-likeness (QED) is 0.805. The Hall–Kier alpha value is -2.16. The maximum absolute atomic E-state index is 13.4. The molecule has 0 N–H and O–H groups in total. The molecule has 0 fully saturated rings. The summed E-state index contributed by atoms with van der Waals surface area (Å²) in [6.45, 7) is 0. The maximum Gasteiger partial charge on any atom is 0.419 e. The highest BCUT2D eigenvalue weighted by atomic mass is 19.3. The Bertz CT molecular complexity index is 664. The van der Waals surface area contributed by atoms with Crippen LogP contribution in [-0.2, 0) is 13.0 Å². The molecule has 1 aromatic heterocycles. The lowest BCUT2D eigenvalue weighted by Gasteiger charge is -2.12. The second-order valence-corrected chi connectivity index (χ2v) is 3.65. The van der Waals surface area contributed by atoms with Crippen LogP contribution in [0.2, 0.25) is 0 Å². The highest BCUT2D eigenvalue weighted by Gasteiger charge is 2.31. The van der Waals surface area contributed by atoms with E-state index in [1.165, 1.54) is 29.8 Å². The number of fused-ring (bicyclic) bond motifs is 1. The van der Waals surface area contributed by atoms with Crippen molar-refractivity contribution < 1.29 is 13.2 Å². The zero-order valence-corrected chi connectivity index (χ0v) is 8.91. The van der Waals surface area contributed by atoms with E-state index in [9.17, 15) is 13.6 Å². The van der Waals surface area contributed by atoms with Gasteiger partial charge < -0.3 is 4.42 Å². The number of benzene rings is 1. The standard InChI is InChI=1S/C11H8F2N2O2/c1-15-8-3-2-7(11(12,13)4-5-14)6-9(8)17-10(15)16/h2-3,6H,4H2,1H3. The van der Waals surface area contributed by atoms with E-state index >= 15 is 0 Å². The van der Waals surface area contributed by atoms with Crippen LogP contribution >= 0.6 is 0 Å². The Labute approximate surface area is 94.7 Å². The van der Waals surface area contributed by atoms with E-state index in [4.69, 9.17) is 9.68 Å². The zero-order valence-electron chi connectivity index (χ0n) is 8.91. The molecular weight excluding hydrogens is 230 g/mol. The van der Waals surface area contributed by atoms with Gasteiger partial charge in [0.2, 0.25) is 0 Å². The number of aryl methyl sites for hydroxylation is 1. The number of alkyl halides is 2. The molecule has 88 valence electrons. The van der Waals surface area contributed by atoms with Gasteiger partial charge in [-0.2, -0.15) is 5.26 Å². The third-order valence-electron chi connectivity index (χ3n) is 2.52. The first kappa shape index (κ1) is 11.3. The smallest absolute Gasteiger partial charge is 0.408 e. The number of aromatic nitrogens is 1. The van der Waals surface area contributed by atoms with Crippen molar-refractivity contribution in [2.75, 3.05) is 0 Å². The molecule has 0 spiro atoms. The van der Waals surface area contributed by atoms with Crippen LogP contribution in [0.5, 0.6) is 0 Å². The van der Waals surface area contributed by atoms with E-state index in [1.807, 2.05) is 0 Å². The number of nitrogens with zero attached hydrogens (tertiary/aromatic N) is 2. The lowest BCUT2D eigenvalue weighted by Crippen LogP contribution is -2.12. The molecule has 0 atom stereocenters. The van der Waals surface area contributed by atoms with Crippen LogP contribution in [0.15, 0.2) is 27.4 Å². The third kappa shape index (κ3) is 1.80. The largest absolute Gasteiger partial charge is 0.419 e. The third-order valence-corrected chi connectivity index (χ3v) is 2.52. The maximum atomic E-state index is 13.4. The van der Waals surface area contributed by atoms with Gasteiger partial charge in [0, 0.05) is 12.6 Å². The van der Waals surface area contributed by atoms with E-state index in [2.05, 4.69) is 0 Å². The lowest BCUT2D eigenvalue weighted by molar-refractivity contribution is 0.00100. The Kier molecular flexibility index (Phi) is 2.46. The fourth-order valence-electron chi connectivity index (χ4n) is 1.56. The molecule has 2 aromatic rings. The van der Waals surface area contributed by atoms with Gasteiger partial charge in [0.25, 0.3) is 5.92 Å². The average molecular weight is 238 g/mol. The fraction of sp³-hybridized carbons (Fsp3) is 0.273. The first-order valence-corrected chi connectivity index (χ1v) is 4.80. The highest BCUT2D eigenvalue weighted by molar-refractivity contribution is 5.73. The van der Waals surface area contributed by atoms with E-state index < -0.39 is 18.1 Å². The number of oxazole rings is 1.